The number of aryl methyl sites for hydroxylation is 1. The van der Waals surface area contributed by atoms with Gasteiger partial charge < -0.3 is 10.1 Å². The molecular formula is C14H18N2O4. The lowest BCUT2D eigenvalue weighted by molar-refractivity contribution is -0.385. The number of hydrogen-bond donors (Lipinski definition) is 1. The molecule has 1 aliphatic carbocycles. The lowest BCUT2D eigenvalue weighted by atomic mass is 10.1. The average molecular weight is 278 g/mol. The van der Waals surface area contributed by atoms with Crippen molar-refractivity contribution >= 4 is 11.8 Å². The molecule has 0 radical (unpaired) electrons. The van der Waals surface area contributed by atoms with E-state index in [1.165, 1.54) is 12.1 Å². The first-order chi connectivity index (χ1) is 9.26. The Bertz CT molecular complexity index is 549. The van der Waals surface area contributed by atoms with E-state index in [2.05, 4.69) is 5.32 Å². The molecule has 1 aromatic rings. The van der Waals surface area contributed by atoms with Crippen molar-refractivity contribution < 1.29 is 14.5 Å². The summed E-state index contributed by atoms with van der Waals surface area (Å²) in [5.74, 6) is 0. The molecule has 0 saturated heterocycles. The largest absolute Gasteiger partial charge is 0.441 e. The van der Waals surface area contributed by atoms with Crippen LogP contribution in [0.25, 0.3) is 0 Å². The number of benzene rings is 1. The number of ether oxygens (including phenoxy) is 1. The van der Waals surface area contributed by atoms with Crippen LogP contribution in [-0.4, -0.2) is 16.6 Å². The molecule has 1 N–H and O–H groups in total. The molecule has 0 aliphatic heterocycles. The van der Waals surface area contributed by atoms with E-state index in [9.17, 15) is 14.9 Å². The van der Waals surface area contributed by atoms with Crippen LogP contribution >= 0.6 is 0 Å². The second-order valence-electron chi connectivity index (χ2n) is 5.95. The minimum Gasteiger partial charge on any atom is -0.441 e. The highest BCUT2D eigenvalue weighted by Crippen LogP contribution is 2.36. The van der Waals surface area contributed by atoms with E-state index in [-0.39, 0.29) is 11.2 Å². The molecule has 108 valence electrons. The van der Waals surface area contributed by atoms with Crippen LogP contribution in [0, 0.1) is 10.1 Å². The molecule has 1 unspecified atom stereocenters. The molecule has 0 fully saturated rings. The summed E-state index contributed by atoms with van der Waals surface area (Å²) >= 11 is 0. The molecule has 20 heavy (non-hydrogen) atoms. The van der Waals surface area contributed by atoms with Crippen LogP contribution in [0.1, 0.15) is 44.4 Å². The van der Waals surface area contributed by atoms with Crippen molar-refractivity contribution in [1.82, 2.24) is 5.32 Å². The second kappa shape index (κ2) is 5.11. The normalized spacial score (nSPS) is 17.4. The zero-order valence-corrected chi connectivity index (χ0v) is 11.8. The van der Waals surface area contributed by atoms with Crippen LogP contribution < -0.4 is 5.32 Å². The van der Waals surface area contributed by atoms with E-state index < -0.39 is 17.1 Å². The third-order valence-corrected chi connectivity index (χ3v) is 3.09. The molecular weight excluding hydrogens is 260 g/mol. The second-order valence-corrected chi connectivity index (χ2v) is 5.95. The maximum atomic E-state index is 11.8. The first-order valence-electron chi connectivity index (χ1n) is 6.52. The molecule has 0 aromatic heterocycles. The first-order valence-corrected chi connectivity index (χ1v) is 6.52. The Kier molecular flexibility index (Phi) is 3.65. The number of amides is 1. The van der Waals surface area contributed by atoms with Gasteiger partial charge in [-0.15, -0.1) is 0 Å². The van der Waals surface area contributed by atoms with Crippen molar-refractivity contribution in [3.05, 3.63) is 39.4 Å². The van der Waals surface area contributed by atoms with Gasteiger partial charge in [-0.3, -0.25) is 10.1 Å². The number of nitrogens with one attached hydrogen (secondary N) is 1. The molecule has 1 atom stereocenters. The van der Waals surface area contributed by atoms with Crippen LogP contribution in [-0.2, 0) is 11.2 Å². The smallest absolute Gasteiger partial charge is 0.408 e. The molecule has 0 saturated carbocycles. The molecule has 1 amide bonds. The Labute approximate surface area is 117 Å². The predicted octanol–water partition coefficient (Wildman–Crippen LogP) is 3.11. The summed E-state index contributed by atoms with van der Waals surface area (Å²) in [5, 5.41) is 13.5. The fraction of sp³-hybridized carbons (Fsp3) is 0.500. The fourth-order valence-corrected chi connectivity index (χ4v) is 2.25. The molecule has 1 aliphatic rings. The van der Waals surface area contributed by atoms with Crippen molar-refractivity contribution in [1.29, 1.82) is 0 Å². The van der Waals surface area contributed by atoms with E-state index in [0.717, 1.165) is 17.5 Å². The van der Waals surface area contributed by atoms with E-state index in [1.54, 1.807) is 6.07 Å². The lowest BCUT2D eigenvalue weighted by Gasteiger charge is -2.22. The molecule has 0 heterocycles. The number of non-ortho nitro benzene ring substituents is 1. The summed E-state index contributed by atoms with van der Waals surface area (Å²) in [5.41, 5.74) is 1.39. The number of rotatable bonds is 2. The highest BCUT2D eigenvalue weighted by atomic mass is 16.6. The summed E-state index contributed by atoms with van der Waals surface area (Å²) in [6.45, 7) is 5.59. The maximum Gasteiger partial charge on any atom is 0.408 e. The van der Waals surface area contributed by atoms with Crippen LogP contribution in [0.5, 0.6) is 0 Å². The number of nitrogens with zero attached hydrogens (tertiary/aromatic N) is 1. The minimum absolute atomic E-state index is 0.0236. The van der Waals surface area contributed by atoms with Crippen molar-refractivity contribution in [3.63, 3.8) is 0 Å². The Hall–Kier alpha value is -2.11. The van der Waals surface area contributed by atoms with E-state index in [0.29, 0.717) is 6.42 Å². The Morgan fingerprint density at radius 3 is 2.75 bits per heavy atom. The summed E-state index contributed by atoms with van der Waals surface area (Å²) in [6, 6.07) is 4.71. The number of fused-ring (bicyclic) bond motifs is 1. The van der Waals surface area contributed by atoms with Gasteiger partial charge in [-0.2, -0.15) is 0 Å². The fourth-order valence-electron chi connectivity index (χ4n) is 2.25. The number of nitro benzene ring substituents is 1. The van der Waals surface area contributed by atoms with Gasteiger partial charge in [0.2, 0.25) is 0 Å². The van der Waals surface area contributed by atoms with Crippen molar-refractivity contribution in [2.75, 3.05) is 0 Å². The Morgan fingerprint density at radius 1 is 1.45 bits per heavy atom. The first kappa shape index (κ1) is 14.3. The van der Waals surface area contributed by atoms with Gasteiger partial charge in [0.1, 0.15) is 6.10 Å². The highest BCUT2D eigenvalue weighted by Gasteiger charge is 2.28. The molecule has 0 spiro atoms. The standard InChI is InChI=1S/C14H18N2O4/c1-14(2,3)15-13(17)20-12-7-5-9-4-6-10(16(18)19)8-11(9)12/h4,6,8,12H,5,7H2,1-3H3,(H,15,17). The van der Waals surface area contributed by atoms with Gasteiger partial charge in [0.25, 0.3) is 5.69 Å². The molecule has 6 heteroatoms. The summed E-state index contributed by atoms with van der Waals surface area (Å²) in [6.07, 6.45) is 0.517. The summed E-state index contributed by atoms with van der Waals surface area (Å²) in [4.78, 5) is 22.1. The lowest BCUT2D eigenvalue weighted by Crippen LogP contribution is -2.41. The number of carbonyl (C=O) groups excluding carboxylic acids is 1. The minimum atomic E-state index is -0.498. The zero-order valence-electron chi connectivity index (χ0n) is 11.8. The van der Waals surface area contributed by atoms with Crippen molar-refractivity contribution in [3.8, 4) is 0 Å². The Morgan fingerprint density at radius 2 is 2.15 bits per heavy atom. The van der Waals surface area contributed by atoms with Gasteiger partial charge in [0.05, 0.1) is 4.92 Å². The summed E-state index contributed by atoms with van der Waals surface area (Å²) in [7, 11) is 0. The quantitative estimate of drug-likeness (QED) is 0.665. The number of alkyl carbamates (subject to hydrolysis) is 1. The van der Waals surface area contributed by atoms with Crippen molar-refractivity contribution in [2.24, 2.45) is 0 Å². The predicted molar refractivity (Wildman–Crippen MR) is 73.5 cm³/mol. The number of carbonyl (C=O) groups is 1. The van der Waals surface area contributed by atoms with Gasteiger partial charge in [0.15, 0.2) is 0 Å². The third kappa shape index (κ3) is 3.26. The Balaban J connectivity index is 2.13. The van der Waals surface area contributed by atoms with Gasteiger partial charge in [0, 0.05) is 23.2 Å². The van der Waals surface area contributed by atoms with Crippen molar-refractivity contribution in [2.45, 2.75) is 45.3 Å². The van der Waals surface area contributed by atoms with Gasteiger partial charge >= 0.3 is 6.09 Å². The number of nitro groups is 1. The van der Waals surface area contributed by atoms with Gasteiger partial charge in [-0.1, -0.05) is 6.07 Å². The maximum absolute atomic E-state index is 11.8. The molecule has 6 nitrogen and oxygen atoms in total. The van der Waals surface area contributed by atoms with Crippen LogP contribution in [0.3, 0.4) is 0 Å². The molecule has 2 rings (SSSR count). The van der Waals surface area contributed by atoms with E-state index in [1.807, 2.05) is 20.8 Å². The summed E-state index contributed by atoms with van der Waals surface area (Å²) < 4.78 is 5.38. The van der Waals surface area contributed by atoms with Crippen LogP contribution in [0.4, 0.5) is 10.5 Å². The SMILES string of the molecule is CC(C)(C)NC(=O)OC1CCc2ccc([N+](=O)[O-])cc21. The average Bonchev–Trinajstić information content (AvgIpc) is 2.69. The van der Waals surface area contributed by atoms with Gasteiger partial charge in [-0.05, 0) is 39.2 Å². The van der Waals surface area contributed by atoms with Gasteiger partial charge in [-0.25, -0.2) is 4.79 Å². The zero-order chi connectivity index (χ0) is 14.9. The highest BCUT2D eigenvalue weighted by molar-refractivity contribution is 5.68. The van der Waals surface area contributed by atoms with Crippen LogP contribution in [0.2, 0.25) is 0 Å². The van der Waals surface area contributed by atoms with E-state index >= 15 is 0 Å². The molecule has 0 bridgehead atoms. The van der Waals surface area contributed by atoms with Crippen LogP contribution in [0.15, 0.2) is 18.2 Å². The number of hydrogen-bond acceptors (Lipinski definition) is 4. The van der Waals surface area contributed by atoms with E-state index in [4.69, 9.17) is 4.74 Å². The monoisotopic (exact) mass is 278 g/mol. The third-order valence-electron chi connectivity index (χ3n) is 3.09. The topological polar surface area (TPSA) is 81.5 Å². The molecule has 1 aromatic carbocycles.